The average Bonchev–Trinajstić information content (AvgIpc) is 3.44. The van der Waals surface area contributed by atoms with Gasteiger partial charge >= 0.3 is 12.0 Å². The molecule has 0 spiro atoms. The summed E-state index contributed by atoms with van der Waals surface area (Å²) in [5.41, 5.74) is 2.10. The van der Waals surface area contributed by atoms with E-state index in [4.69, 9.17) is 44.3 Å². The Morgan fingerprint density at radius 1 is 1.09 bits per heavy atom. The number of nitrogens with one attached hydrogen (secondary N) is 2. The number of rotatable bonds is 11. The molecule has 4 N–H and O–H groups in total. The van der Waals surface area contributed by atoms with Crippen LogP contribution in [0.5, 0.6) is 17.2 Å². The molecular weight excluding hydrogens is 621 g/mol. The van der Waals surface area contributed by atoms with Crippen molar-refractivity contribution < 1.29 is 29.3 Å². The van der Waals surface area contributed by atoms with E-state index >= 15 is 0 Å². The maximum absolute atomic E-state index is 13.7. The van der Waals surface area contributed by atoms with Crippen LogP contribution in [-0.4, -0.2) is 40.0 Å². The van der Waals surface area contributed by atoms with Crippen molar-refractivity contribution >= 4 is 52.5 Å². The summed E-state index contributed by atoms with van der Waals surface area (Å²) in [6.07, 6.45) is 1.24. The number of carboxylic acids is 1. The van der Waals surface area contributed by atoms with Crippen LogP contribution in [0.1, 0.15) is 60.7 Å². The minimum absolute atomic E-state index is 0.000281. The largest absolute Gasteiger partial charge is 0.505 e. The Labute approximate surface area is 263 Å². The van der Waals surface area contributed by atoms with E-state index in [0.717, 1.165) is 17.5 Å². The third kappa shape index (κ3) is 6.82. The number of fused-ring (bicyclic) bond motifs is 1. The number of carbonyl (C=O) groups is 2. The van der Waals surface area contributed by atoms with Crippen molar-refractivity contribution in [2.24, 2.45) is 0 Å². The van der Waals surface area contributed by atoms with Gasteiger partial charge in [-0.25, -0.2) is 4.79 Å². The zero-order chi connectivity index (χ0) is 31.4. The Morgan fingerprint density at radius 2 is 1.81 bits per heavy atom. The van der Waals surface area contributed by atoms with Gasteiger partial charge in [-0.3, -0.25) is 9.59 Å². The van der Waals surface area contributed by atoms with Crippen LogP contribution < -0.4 is 25.7 Å². The number of aromatic nitrogens is 1. The minimum atomic E-state index is -1.23. The molecule has 0 saturated heterocycles. The number of ether oxygens (including phenoxy) is 2. The molecule has 0 fully saturated rings. The van der Waals surface area contributed by atoms with E-state index in [2.05, 4.69) is 10.6 Å². The van der Waals surface area contributed by atoms with E-state index in [1.165, 1.54) is 10.6 Å². The van der Waals surface area contributed by atoms with Crippen LogP contribution in [0.25, 0.3) is 0 Å². The number of amides is 2. The Kier molecular flexibility index (Phi) is 10.4. The summed E-state index contributed by atoms with van der Waals surface area (Å²) >= 11 is 19.5. The summed E-state index contributed by atoms with van der Waals surface area (Å²) in [5.74, 6) is -1.28. The van der Waals surface area contributed by atoms with Crippen LogP contribution in [0.4, 0.5) is 10.5 Å². The second kappa shape index (κ2) is 13.8. The van der Waals surface area contributed by atoms with Crippen molar-refractivity contribution in [1.82, 2.24) is 9.88 Å². The first kappa shape index (κ1) is 32.3. The number of urea groups is 1. The standard InChI is InChI=1S/C30H32Cl3N3O7/c1-4-42-22-12-17(24(32)28(25(22)33)43-5-2)20(13-23(37)38)34-30(41)35-26-27(39)16-9-7-11-21(16)36(29(26)40)14-18-15(3)8-6-10-19(18)31/h6,8,10,12,20,39H,4-5,7,9,11,13-14H2,1-3H3,(H,37,38)(H2,34,35,41)/t20-/m0/s1. The maximum atomic E-state index is 13.7. The van der Waals surface area contributed by atoms with Crippen LogP contribution >= 0.6 is 34.8 Å². The lowest BCUT2D eigenvalue weighted by Crippen LogP contribution is -2.37. The van der Waals surface area contributed by atoms with Crippen molar-refractivity contribution in [2.75, 3.05) is 18.5 Å². The molecule has 4 rings (SSSR count). The number of hydrogen-bond donors (Lipinski definition) is 4. The Morgan fingerprint density at radius 3 is 2.47 bits per heavy atom. The maximum Gasteiger partial charge on any atom is 0.319 e. The summed E-state index contributed by atoms with van der Waals surface area (Å²) in [6.45, 7) is 5.96. The number of anilines is 1. The van der Waals surface area contributed by atoms with Gasteiger partial charge in [-0.05, 0) is 63.3 Å². The highest BCUT2D eigenvalue weighted by Gasteiger charge is 2.29. The fraction of sp³-hybridized carbons (Fsp3) is 0.367. The van der Waals surface area contributed by atoms with E-state index < -0.39 is 30.0 Å². The fourth-order valence-corrected chi connectivity index (χ4v) is 6.13. The number of aliphatic carboxylic acids is 1. The molecule has 3 aromatic rings. The highest BCUT2D eigenvalue weighted by Crippen LogP contribution is 2.45. The number of halogens is 3. The molecule has 1 aliphatic rings. The monoisotopic (exact) mass is 651 g/mol. The number of hydrogen-bond acceptors (Lipinski definition) is 6. The van der Waals surface area contributed by atoms with Crippen LogP contribution in [-0.2, 0) is 24.2 Å². The predicted molar refractivity (Wildman–Crippen MR) is 166 cm³/mol. The van der Waals surface area contributed by atoms with Crippen LogP contribution in [0, 0.1) is 6.92 Å². The third-order valence-corrected chi connectivity index (χ3v) is 8.31. The van der Waals surface area contributed by atoms with Crippen molar-refractivity contribution in [3.8, 4) is 17.2 Å². The molecule has 2 amide bonds. The zero-order valence-corrected chi connectivity index (χ0v) is 26.1. The molecular formula is C30H32Cl3N3O7. The van der Waals surface area contributed by atoms with E-state index in [-0.39, 0.29) is 58.3 Å². The summed E-state index contributed by atoms with van der Waals surface area (Å²) in [5, 5.41) is 26.3. The van der Waals surface area contributed by atoms with Gasteiger partial charge in [0.15, 0.2) is 11.4 Å². The van der Waals surface area contributed by atoms with Crippen molar-refractivity contribution in [3.05, 3.63) is 77.6 Å². The van der Waals surface area contributed by atoms with E-state index in [1.807, 2.05) is 19.1 Å². The highest BCUT2D eigenvalue weighted by atomic mass is 35.5. The first-order valence-electron chi connectivity index (χ1n) is 13.8. The molecule has 1 atom stereocenters. The number of aromatic hydroxyl groups is 1. The quantitative estimate of drug-likeness (QED) is 0.186. The van der Waals surface area contributed by atoms with Gasteiger partial charge in [0.05, 0.1) is 37.2 Å². The number of carbonyl (C=O) groups excluding carboxylic acids is 1. The molecule has 43 heavy (non-hydrogen) atoms. The molecule has 230 valence electrons. The van der Waals surface area contributed by atoms with E-state index in [1.54, 1.807) is 19.9 Å². The number of nitrogens with zero attached hydrogens (tertiary/aromatic N) is 1. The highest BCUT2D eigenvalue weighted by molar-refractivity contribution is 6.38. The van der Waals surface area contributed by atoms with Crippen molar-refractivity contribution in [1.29, 1.82) is 0 Å². The number of benzene rings is 2. The number of carboxylic acid groups (broad SMARTS) is 1. The normalized spacial score (nSPS) is 12.9. The van der Waals surface area contributed by atoms with Gasteiger partial charge in [0.1, 0.15) is 16.5 Å². The summed E-state index contributed by atoms with van der Waals surface area (Å²) in [6, 6.07) is 4.76. The van der Waals surface area contributed by atoms with Gasteiger partial charge < -0.3 is 34.9 Å². The van der Waals surface area contributed by atoms with Gasteiger partial charge in [-0.15, -0.1) is 0 Å². The number of pyridine rings is 1. The first-order valence-corrected chi connectivity index (χ1v) is 14.9. The molecule has 0 radical (unpaired) electrons. The average molecular weight is 653 g/mol. The van der Waals surface area contributed by atoms with E-state index in [0.29, 0.717) is 29.1 Å². The molecule has 2 aromatic carbocycles. The van der Waals surface area contributed by atoms with E-state index in [9.17, 15) is 24.6 Å². The van der Waals surface area contributed by atoms with Crippen LogP contribution in [0.3, 0.4) is 0 Å². The summed E-state index contributed by atoms with van der Waals surface area (Å²) < 4.78 is 12.7. The molecule has 10 nitrogen and oxygen atoms in total. The Bertz CT molecular complexity index is 1600. The van der Waals surface area contributed by atoms with Gasteiger partial charge in [-0.2, -0.15) is 0 Å². The molecule has 0 saturated carbocycles. The molecule has 0 bridgehead atoms. The lowest BCUT2D eigenvalue weighted by Gasteiger charge is -2.23. The van der Waals surface area contributed by atoms with Gasteiger partial charge in [0, 0.05) is 21.8 Å². The van der Waals surface area contributed by atoms with Crippen LogP contribution in [0.2, 0.25) is 15.1 Å². The molecule has 0 aliphatic heterocycles. The topological polar surface area (TPSA) is 139 Å². The molecule has 0 unspecified atom stereocenters. The third-order valence-electron chi connectivity index (χ3n) is 7.21. The molecule has 1 aromatic heterocycles. The van der Waals surface area contributed by atoms with Gasteiger partial charge in [-0.1, -0.05) is 46.9 Å². The first-order chi connectivity index (χ1) is 20.5. The summed E-state index contributed by atoms with van der Waals surface area (Å²) in [4.78, 5) is 38.9. The number of aryl methyl sites for hydroxylation is 1. The second-order valence-corrected chi connectivity index (χ2v) is 11.1. The smallest absolute Gasteiger partial charge is 0.319 e. The Balaban J connectivity index is 1.72. The van der Waals surface area contributed by atoms with Gasteiger partial charge in [0.25, 0.3) is 5.56 Å². The summed E-state index contributed by atoms with van der Waals surface area (Å²) in [7, 11) is 0. The molecule has 13 heteroatoms. The van der Waals surface area contributed by atoms with Gasteiger partial charge in [0.2, 0.25) is 0 Å². The molecule has 1 aliphatic carbocycles. The van der Waals surface area contributed by atoms with Crippen molar-refractivity contribution in [3.63, 3.8) is 0 Å². The zero-order valence-electron chi connectivity index (χ0n) is 23.9. The minimum Gasteiger partial charge on any atom is -0.505 e. The SMILES string of the molecule is CCOc1cc([C@H](CC(=O)O)NC(=O)Nc2c(O)c3c(n(Cc4c(C)cccc4Cl)c2=O)CCC3)c(Cl)c(OCC)c1Cl. The van der Waals surface area contributed by atoms with Crippen LogP contribution in [0.15, 0.2) is 29.1 Å². The van der Waals surface area contributed by atoms with Crippen molar-refractivity contribution in [2.45, 2.75) is 59.0 Å². The Hall–Kier alpha value is -3.60. The lowest BCUT2D eigenvalue weighted by atomic mass is 10.0. The fourth-order valence-electron chi connectivity index (χ4n) is 5.21. The lowest BCUT2D eigenvalue weighted by molar-refractivity contribution is -0.137. The molecule has 1 heterocycles. The predicted octanol–water partition coefficient (Wildman–Crippen LogP) is 6.49. The second-order valence-electron chi connectivity index (χ2n) is 9.96.